The summed E-state index contributed by atoms with van der Waals surface area (Å²) in [6, 6.07) is 0. The summed E-state index contributed by atoms with van der Waals surface area (Å²) in [4.78, 5) is 11.9. The summed E-state index contributed by atoms with van der Waals surface area (Å²) in [5.74, 6) is 0.223. The molecule has 0 spiro atoms. The van der Waals surface area contributed by atoms with Crippen LogP contribution in [0.4, 0.5) is 0 Å². The number of hydrogen-bond acceptors (Lipinski definition) is 4. The van der Waals surface area contributed by atoms with Crippen molar-refractivity contribution in [2.45, 2.75) is 51.4 Å². The maximum absolute atomic E-state index is 11.9. The van der Waals surface area contributed by atoms with Crippen molar-refractivity contribution in [2.24, 2.45) is 5.92 Å². The first-order valence-corrected chi connectivity index (χ1v) is 6.68. The van der Waals surface area contributed by atoms with Crippen molar-refractivity contribution >= 4 is 5.78 Å². The van der Waals surface area contributed by atoms with E-state index < -0.39 is 0 Å². The van der Waals surface area contributed by atoms with Crippen LogP contribution in [0.2, 0.25) is 0 Å². The highest BCUT2D eigenvalue weighted by atomic mass is 16.7. The number of Topliss-reactive ketones (excluding diaryl/α,β-unsaturated/α-hetero) is 1. The average Bonchev–Trinajstić information content (AvgIpc) is 2.34. The predicted octanol–water partition coefficient (Wildman–Crippen LogP) is 1.91. The largest absolute Gasteiger partial charge is 0.368 e. The van der Waals surface area contributed by atoms with E-state index in [1.54, 1.807) is 0 Å². The Bertz CT molecular complexity index is 254. The van der Waals surface area contributed by atoms with E-state index in [1.807, 2.05) is 0 Å². The van der Waals surface area contributed by atoms with E-state index in [2.05, 4.69) is 6.92 Å². The molecule has 1 heterocycles. The van der Waals surface area contributed by atoms with Gasteiger partial charge in [0.05, 0.1) is 12.7 Å². The Morgan fingerprint density at radius 2 is 2.18 bits per heavy atom. The molecular formula is C13H22O4. The van der Waals surface area contributed by atoms with E-state index in [0.29, 0.717) is 13.2 Å². The fraction of sp³-hybridized carbons (Fsp3) is 0.923. The molecule has 0 aromatic rings. The van der Waals surface area contributed by atoms with Gasteiger partial charge in [0, 0.05) is 12.5 Å². The van der Waals surface area contributed by atoms with Crippen LogP contribution < -0.4 is 0 Å². The molecule has 0 amide bonds. The van der Waals surface area contributed by atoms with E-state index in [-0.39, 0.29) is 30.7 Å². The summed E-state index contributed by atoms with van der Waals surface area (Å²) in [6.45, 7) is 3.33. The number of carbonyl (C=O) groups excluding carboxylic acids is 1. The highest BCUT2D eigenvalue weighted by Gasteiger charge is 2.35. The highest BCUT2D eigenvalue weighted by Crippen LogP contribution is 2.30. The Balaban J connectivity index is 1.95. The molecule has 1 saturated carbocycles. The second kappa shape index (κ2) is 6.47. The fourth-order valence-electron chi connectivity index (χ4n) is 2.56. The molecule has 2 aliphatic rings. The molecule has 3 unspecified atom stereocenters. The zero-order valence-electron chi connectivity index (χ0n) is 10.5. The molecule has 4 heteroatoms. The number of rotatable bonds is 3. The van der Waals surface area contributed by atoms with Crippen molar-refractivity contribution in [1.82, 2.24) is 0 Å². The smallest absolute Gasteiger partial charge is 0.181 e. The third-order valence-corrected chi connectivity index (χ3v) is 3.45. The number of ketones is 1. The van der Waals surface area contributed by atoms with E-state index in [9.17, 15) is 4.79 Å². The Morgan fingerprint density at radius 3 is 3.00 bits per heavy atom. The van der Waals surface area contributed by atoms with Gasteiger partial charge in [-0.05, 0) is 19.3 Å². The minimum absolute atomic E-state index is 0.0248. The van der Waals surface area contributed by atoms with Gasteiger partial charge in [0.2, 0.25) is 0 Å². The maximum Gasteiger partial charge on any atom is 0.181 e. The quantitative estimate of drug-likeness (QED) is 0.758. The number of fused-ring (bicyclic) bond motifs is 1. The Kier molecular flexibility index (Phi) is 4.95. The molecule has 0 bridgehead atoms. The number of hydrogen-bond donors (Lipinski definition) is 0. The van der Waals surface area contributed by atoms with E-state index in [4.69, 9.17) is 14.2 Å². The van der Waals surface area contributed by atoms with Crippen LogP contribution in [0.1, 0.15) is 39.0 Å². The summed E-state index contributed by atoms with van der Waals surface area (Å²) < 4.78 is 16.8. The molecule has 4 nitrogen and oxygen atoms in total. The standard InChI is InChI=1S/C13H22O4/c1-2-7-16-13-9-15-8-11(14)10-5-3-4-6-12(10)17-13/h10,12-13H,2-9H2,1H3. The summed E-state index contributed by atoms with van der Waals surface area (Å²) >= 11 is 0. The lowest BCUT2D eigenvalue weighted by Crippen LogP contribution is -2.43. The first-order valence-electron chi connectivity index (χ1n) is 6.68. The Hall–Kier alpha value is -0.450. The van der Waals surface area contributed by atoms with Crippen LogP contribution in [0, 0.1) is 5.92 Å². The van der Waals surface area contributed by atoms with Crippen molar-refractivity contribution in [3.63, 3.8) is 0 Å². The molecule has 1 saturated heterocycles. The zero-order valence-corrected chi connectivity index (χ0v) is 10.5. The second-order valence-electron chi connectivity index (χ2n) is 4.85. The van der Waals surface area contributed by atoms with Gasteiger partial charge in [-0.25, -0.2) is 0 Å². The SMILES string of the molecule is CCCOC1COCC(=O)C2CCCCC2O1. The average molecular weight is 242 g/mol. The molecule has 0 radical (unpaired) electrons. The molecule has 1 aliphatic carbocycles. The van der Waals surface area contributed by atoms with Crippen molar-refractivity contribution in [3.8, 4) is 0 Å². The van der Waals surface area contributed by atoms with Gasteiger partial charge in [-0.15, -0.1) is 0 Å². The lowest BCUT2D eigenvalue weighted by atomic mass is 9.83. The minimum Gasteiger partial charge on any atom is -0.368 e. The van der Waals surface area contributed by atoms with Crippen LogP contribution in [0.3, 0.4) is 0 Å². The number of carbonyl (C=O) groups is 1. The maximum atomic E-state index is 11.9. The predicted molar refractivity (Wildman–Crippen MR) is 62.7 cm³/mol. The van der Waals surface area contributed by atoms with Crippen LogP contribution in [0.15, 0.2) is 0 Å². The molecule has 2 fully saturated rings. The zero-order chi connectivity index (χ0) is 12.1. The monoisotopic (exact) mass is 242 g/mol. The first-order chi connectivity index (χ1) is 8.31. The van der Waals surface area contributed by atoms with Crippen LogP contribution in [0.25, 0.3) is 0 Å². The molecule has 98 valence electrons. The third-order valence-electron chi connectivity index (χ3n) is 3.45. The van der Waals surface area contributed by atoms with Crippen molar-refractivity contribution in [1.29, 1.82) is 0 Å². The van der Waals surface area contributed by atoms with Gasteiger partial charge in [0.1, 0.15) is 6.61 Å². The number of ether oxygens (including phenoxy) is 3. The summed E-state index contributed by atoms with van der Waals surface area (Å²) in [5.41, 5.74) is 0. The van der Waals surface area contributed by atoms with E-state index >= 15 is 0 Å². The first kappa shape index (κ1) is 13.0. The topological polar surface area (TPSA) is 44.8 Å². The minimum atomic E-state index is -0.298. The van der Waals surface area contributed by atoms with Crippen molar-refractivity contribution < 1.29 is 19.0 Å². The van der Waals surface area contributed by atoms with Crippen LogP contribution in [-0.2, 0) is 19.0 Å². The van der Waals surface area contributed by atoms with Gasteiger partial charge in [0.15, 0.2) is 12.1 Å². The van der Waals surface area contributed by atoms with Gasteiger partial charge in [-0.2, -0.15) is 0 Å². The van der Waals surface area contributed by atoms with Gasteiger partial charge in [-0.1, -0.05) is 19.8 Å². The molecule has 17 heavy (non-hydrogen) atoms. The van der Waals surface area contributed by atoms with Gasteiger partial charge >= 0.3 is 0 Å². The van der Waals surface area contributed by atoms with Crippen molar-refractivity contribution in [2.75, 3.05) is 19.8 Å². The lowest BCUT2D eigenvalue weighted by molar-refractivity contribution is -0.219. The van der Waals surface area contributed by atoms with E-state index in [1.165, 1.54) is 0 Å². The Morgan fingerprint density at radius 1 is 1.35 bits per heavy atom. The van der Waals surface area contributed by atoms with E-state index in [0.717, 1.165) is 32.1 Å². The summed E-state index contributed by atoms with van der Waals surface area (Å²) in [6.07, 6.45) is 4.89. The van der Waals surface area contributed by atoms with Gasteiger partial charge in [-0.3, -0.25) is 4.79 Å². The van der Waals surface area contributed by atoms with Crippen LogP contribution >= 0.6 is 0 Å². The van der Waals surface area contributed by atoms with Crippen LogP contribution in [-0.4, -0.2) is 38.0 Å². The van der Waals surface area contributed by atoms with Crippen LogP contribution in [0.5, 0.6) is 0 Å². The highest BCUT2D eigenvalue weighted by molar-refractivity contribution is 5.82. The summed E-state index contributed by atoms with van der Waals surface area (Å²) in [7, 11) is 0. The normalized spacial score (nSPS) is 34.9. The molecular weight excluding hydrogens is 220 g/mol. The Labute approximate surface area is 103 Å². The second-order valence-corrected chi connectivity index (χ2v) is 4.85. The third kappa shape index (κ3) is 3.50. The molecule has 1 aliphatic heterocycles. The molecule has 0 aromatic carbocycles. The molecule has 0 aromatic heterocycles. The van der Waals surface area contributed by atoms with Gasteiger partial charge in [0.25, 0.3) is 0 Å². The lowest BCUT2D eigenvalue weighted by Gasteiger charge is -2.35. The molecule has 3 atom stereocenters. The fourth-order valence-corrected chi connectivity index (χ4v) is 2.56. The summed E-state index contributed by atoms with van der Waals surface area (Å²) in [5, 5.41) is 0. The molecule has 2 rings (SSSR count). The van der Waals surface area contributed by atoms with Gasteiger partial charge < -0.3 is 14.2 Å². The van der Waals surface area contributed by atoms with Crippen molar-refractivity contribution in [3.05, 3.63) is 0 Å². The molecule has 0 N–H and O–H groups in total.